The number of thioether (sulfide) groups is 1. The number of ether oxygens (including phenoxy) is 2. The third-order valence-electron chi connectivity index (χ3n) is 3.82. The molecule has 1 fully saturated rings. The molecule has 4 nitrogen and oxygen atoms in total. The number of hydrogen-bond acceptors (Lipinski definition) is 5. The summed E-state index contributed by atoms with van der Waals surface area (Å²) in [5.41, 5.74) is 1.17. The zero-order valence-electron chi connectivity index (χ0n) is 12.4. The summed E-state index contributed by atoms with van der Waals surface area (Å²) in [5, 5.41) is 4.44. The van der Waals surface area contributed by atoms with Crippen LogP contribution >= 0.6 is 11.8 Å². The molecule has 5 heteroatoms. The molecule has 0 unspecified atom stereocenters. The van der Waals surface area contributed by atoms with Crippen molar-refractivity contribution in [2.24, 2.45) is 4.99 Å². The number of rotatable bonds is 4. The maximum absolute atomic E-state index is 5.59. The van der Waals surface area contributed by atoms with Crippen LogP contribution in [0.4, 0.5) is 5.69 Å². The summed E-state index contributed by atoms with van der Waals surface area (Å²) in [6, 6.07) is 8.09. The summed E-state index contributed by atoms with van der Waals surface area (Å²) < 4.78 is 11.0. The number of nitrogens with zero attached hydrogens (tertiary/aromatic N) is 1. The molecule has 2 heterocycles. The van der Waals surface area contributed by atoms with E-state index in [1.165, 1.54) is 0 Å². The Kier molecular flexibility index (Phi) is 4.70. The topological polar surface area (TPSA) is 42.8 Å². The van der Waals surface area contributed by atoms with Gasteiger partial charge in [0, 0.05) is 24.7 Å². The molecule has 21 heavy (non-hydrogen) atoms. The fourth-order valence-electron chi connectivity index (χ4n) is 2.53. The van der Waals surface area contributed by atoms with Crippen molar-refractivity contribution >= 4 is 22.6 Å². The number of amidine groups is 1. The molecule has 1 N–H and O–H groups in total. The second kappa shape index (κ2) is 6.71. The zero-order chi connectivity index (χ0) is 14.5. The number of anilines is 1. The highest BCUT2D eigenvalue weighted by atomic mass is 32.2. The van der Waals surface area contributed by atoms with E-state index >= 15 is 0 Å². The standard InChI is InChI=1S/C16H22N2O2S/c1-2-9-20-14-5-3-13(4-6-14)17-15-18-16(12-21-15)7-10-19-11-8-16/h3-6H,2,7-12H2,1H3,(H,17,18). The quantitative estimate of drug-likeness (QED) is 0.924. The fraction of sp³-hybridized carbons (Fsp3) is 0.562. The van der Waals surface area contributed by atoms with Gasteiger partial charge in [0.1, 0.15) is 5.75 Å². The summed E-state index contributed by atoms with van der Waals surface area (Å²) >= 11 is 1.81. The summed E-state index contributed by atoms with van der Waals surface area (Å²) in [6.07, 6.45) is 3.10. The van der Waals surface area contributed by atoms with Gasteiger partial charge in [-0.25, -0.2) is 0 Å². The maximum atomic E-state index is 5.59. The largest absolute Gasteiger partial charge is 0.494 e. The molecule has 1 aromatic carbocycles. The van der Waals surface area contributed by atoms with Crippen LogP contribution in [-0.4, -0.2) is 36.3 Å². The van der Waals surface area contributed by atoms with E-state index in [-0.39, 0.29) is 5.54 Å². The van der Waals surface area contributed by atoms with Crippen LogP contribution in [0.5, 0.6) is 5.75 Å². The van der Waals surface area contributed by atoms with E-state index in [0.717, 1.165) is 61.4 Å². The highest BCUT2D eigenvalue weighted by Gasteiger charge is 2.37. The molecule has 114 valence electrons. The summed E-state index contributed by atoms with van der Waals surface area (Å²) in [5.74, 6) is 1.99. The molecule has 0 bridgehead atoms. The van der Waals surface area contributed by atoms with Gasteiger partial charge in [-0.15, -0.1) is 0 Å². The van der Waals surface area contributed by atoms with Gasteiger partial charge >= 0.3 is 0 Å². The van der Waals surface area contributed by atoms with Gasteiger partial charge in [0.15, 0.2) is 5.17 Å². The Morgan fingerprint density at radius 3 is 2.76 bits per heavy atom. The minimum absolute atomic E-state index is 0.107. The van der Waals surface area contributed by atoms with E-state index in [0.29, 0.717) is 0 Å². The number of hydrogen-bond donors (Lipinski definition) is 1. The molecular weight excluding hydrogens is 284 g/mol. The monoisotopic (exact) mass is 306 g/mol. The highest BCUT2D eigenvalue weighted by molar-refractivity contribution is 8.14. The third kappa shape index (κ3) is 3.71. The van der Waals surface area contributed by atoms with Gasteiger partial charge in [0.2, 0.25) is 0 Å². The van der Waals surface area contributed by atoms with E-state index in [2.05, 4.69) is 12.2 Å². The Hall–Kier alpha value is -1.20. The van der Waals surface area contributed by atoms with Gasteiger partial charge in [-0.3, -0.25) is 4.99 Å². The second-order valence-corrected chi connectivity index (χ2v) is 6.50. The average molecular weight is 306 g/mol. The summed E-state index contributed by atoms with van der Waals surface area (Å²) in [6.45, 7) is 4.54. The van der Waals surface area contributed by atoms with Crippen molar-refractivity contribution in [3.63, 3.8) is 0 Å². The normalized spacial score (nSPS) is 20.3. The van der Waals surface area contributed by atoms with Gasteiger partial charge in [0.25, 0.3) is 0 Å². The lowest BCUT2D eigenvalue weighted by Crippen LogP contribution is -2.34. The molecule has 0 saturated carbocycles. The molecule has 0 aromatic heterocycles. The zero-order valence-corrected chi connectivity index (χ0v) is 13.2. The Morgan fingerprint density at radius 2 is 2.05 bits per heavy atom. The van der Waals surface area contributed by atoms with Gasteiger partial charge in [-0.05, 0) is 43.5 Å². The second-order valence-electron chi connectivity index (χ2n) is 5.54. The van der Waals surface area contributed by atoms with Crippen LogP contribution in [0.3, 0.4) is 0 Å². The minimum Gasteiger partial charge on any atom is -0.494 e. The molecule has 1 spiro atoms. The molecular formula is C16H22N2O2S. The van der Waals surface area contributed by atoms with E-state index in [1.54, 1.807) is 0 Å². The van der Waals surface area contributed by atoms with Crippen molar-refractivity contribution in [2.45, 2.75) is 31.7 Å². The molecule has 2 aliphatic rings. The predicted molar refractivity (Wildman–Crippen MR) is 88.5 cm³/mol. The van der Waals surface area contributed by atoms with Crippen LogP contribution in [0.15, 0.2) is 29.3 Å². The highest BCUT2D eigenvalue weighted by Crippen LogP contribution is 2.36. The maximum Gasteiger partial charge on any atom is 0.161 e. The molecule has 0 atom stereocenters. The average Bonchev–Trinajstić information content (AvgIpc) is 2.89. The Bertz CT molecular complexity index is 496. The summed E-state index contributed by atoms with van der Waals surface area (Å²) in [4.78, 5) is 4.90. The van der Waals surface area contributed by atoms with Crippen molar-refractivity contribution in [1.82, 2.24) is 0 Å². The summed E-state index contributed by atoms with van der Waals surface area (Å²) in [7, 11) is 0. The van der Waals surface area contributed by atoms with E-state index in [9.17, 15) is 0 Å². The minimum atomic E-state index is 0.107. The van der Waals surface area contributed by atoms with Gasteiger partial charge in [0.05, 0.1) is 12.1 Å². The van der Waals surface area contributed by atoms with Crippen molar-refractivity contribution in [3.8, 4) is 5.75 Å². The Morgan fingerprint density at radius 1 is 1.29 bits per heavy atom. The van der Waals surface area contributed by atoms with Crippen LogP contribution in [-0.2, 0) is 4.74 Å². The predicted octanol–water partition coefficient (Wildman–Crippen LogP) is 3.54. The fourth-order valence-corrected chi connectivity index (χ4v) is 3.74. The van der Waals surface area contributed by atoms with Gasteiger partial charge in [-0.2, -0.15) is 0 Å². The lowest BCUT2D eigenvalue weighted by Gasteiger charge is -2.29. The lowest BCUT2D eigenvalue weighted by atomic mass is 9.93. The SMILES string of the molecule is CCCOc1ccc(NC2=NC3(CCOCC3)CS2)cc1. The number of benzene rings is 1. The molecule has 3 rings (SSSR count). The molecule has 1 saturated heterocycles. The van der Waals surface area contributed by atoms with Crippen LogP contribution in [0, 0.1) is 0 Å². The van der Waals surface area contributed by atoms with E-state index < -0.39 is 0 Å². The van der Waals surface area contributed by atoms with Crippen molar-refractivity contribution < 1.29 is 9.47 Å². The smallest absolute Gasteiger partial charge is 0.161 e. The number of nitrogens with one attached hydrogen (secondary N) is 1. The lowest BCUT2D eigenvalue weighted by molar-refractivity contribution is 0.0624. The van der Waals surface area contributed by atoms with Crippen LogP contribution in [0.25, 0.3) is 0 Å². The molecule has 0 aliphatic carbocycles. The van der Waals surface area contributed by atoms with Crippen molar-refractivity contribution in [1.29, 1.82) is 0 Å². The van der Waals surface area contributed by atoms with Crippen LogP contribution in [0.2, 0.25) is 0 Å². The molecule has 0 amide bonds. The first-order valence-corrected chi connectivity index (χ1v) is 8.58. The number of aliphatic imine (C=N–C) groups is 1. The van der Waals surface area contributed by atoms with E-state index in [1.807, 2.05) is 36.0 Å². The first-order chi connectivity index (χ1) is 10.3. The first-order valence-electron chi connectivity index (χ1n) is 7.60. The molecule has 1 aromatic rings. The first kappa shape index (κ1) is 14.7. The van der Waals surface area contributed by atoms with Gasteiger partial charge < -0.3 is 14.8 Å². The Labute approximate surface area is 130 Å². The van der Waals surface area contributed by atoms with Crippen molar-refractivity contribution in [2.75, 3.05) is 30.9 Å². The Balaban J connectivity index is 1.60. The van der Waals surface area contributed by atoms with Gasteiger partial charge in [-0.1, -0.05) is 18.7 Å². The van der Waals surface area contributed by atoms with E-state index in [4.69, 9.17) is 14.5 Å². The molecule has 2 aliphatic heterocycles. The molecule has 0 radical (unpaired) electrons. The van der Waals surface area contributed by atoms with Crippen molar-refractivity contribution in [3.05, 3.63) is 24.3 Å². The third-order valence-corrected chi connectivity index (χ3v) is 4.97. The van der Waals surface area contributed by atoms with Crippen LogP contribution in [0.1, 0.15) is 26.2 Å². The van der Waals surface area contributed by atoms with Crippen LogP contribution < -0.4 is 10.1 Å².